The summed E-state index contributed by atoms with van der Waals surface area (Å²) in [5.41, 5.74) is 1.36. The first-order valence-corrected chi connectivity index (χ1v) is 10.5. The summed E-state index contributed by atoms with van der Waals surface area (Å²) in [4.78, 5) is 21.1. The monoisotopic (exact) mass is 443 g/mol. The maximum absolute atomic E-state index is 12.7. The number of rotatable bonds is 8. The van der Waals surface area contributed by atoms with Gasteiger partial charge >= 0.3 is 6.18 Å². The number of halogens is 3. The van der Waals surface area contributed by atoms with E-state index in [1.807, 2.05) is 24.3 Å². The van der Waals surface area contributed by atoms with Gasteiger partial charge in [-0.25, -0.2) is 4.98 Å². The zero-order valence-corrected chi connectivity index (χ0v) is 17.5. The topological polar surface area (TPSA) is 54.9 Å². The van der Waals surface area contributed by atoms with E-state index >= 15 is 0 Å². The highest BCUT2D eigenvalue weighted by Gasteiger charge is 2.27. The first kappa shape index (κ1) is 22.5. The van der Waals surface area contributed by atoms with Gasteiger partial charge in [-0.05, 0) is 30.7 Å². The molecule has 1 amide bonds. The molecule has 2 heterocycles. The third kappa shape index (κ3) is 6.41. The molecule has 1 aliphatic heterocycles. The molecule has 0 spiro atoms. The van der Waals surface area contributed by atoms with E-state index in [2.05, 4.69) is 14.6 Å². The second kappa shape index (κ2) is 10.2. The lowest BCUT2D eigenvalue weighted by Gasteiger charge is -2.34. The van der Waals surface area contributed by atoms with Gasteiger partial charge in [0, 0.05) is 50.3 Å². The Morgan fingerprint density at radius 1 is 1.17 bits per heavy atom. The number of hydrogen-bond acceptors (Lipinski definition) is 6. The lowest BCUT2D eigenvalue weighted by molar-refractivity contribution is -0.174. The van der Waals surface area contributed by atoms with Crippen molar-refractivity contribution in [2.24, 2.45) is 0 Å². The summed E-state index contributed by atoms with van der Waals surface area (Å²) in [6.45, 7) is 2.02. The third-order valence-electron chi connectivity index (χ3n) is 4.75. The standard InChI is InChI=1S/C20H24F3N3O3S/c1-28-16-5-3-15(4-6-16)18-24-17(13-30-18)19(27)26-10-8-25(9-11-26)7-2-12-29-14-20(21,22)23/h3-6,13H,2,7-12,14H2,1H3. The Morgan fingerprint density at radius 2 is 1.87 bits per heavy atom. The number of amides is 1. The van der Waals surface area contributed by atoms with Crippen molar-refractivity contribution in [3.63, 3.8) is 0 Å². The molecule has 1 aliphatic rings. The van der Waals surface area contributed by atoms with Crippen molar-refractivity contribution in [2.75, 3.05) is 53.0 Å². The molecule has 0 N–H and O–H groups in total. The predicted octanol–water partition coefficient (Wildman–Crippen LogP) is 3.55. The van der Waals surface area contributed by atoms with Crippen LogP contribution in [0.25, 0.3) is 10.6 Å². The molecule has 1 fully saturated rings. The average Bonchev–Trinajstić information content (AvgIpc) is 3.23. The highest BCUT2D eigenvalue weighted by molar-refractivity contribution is 7.13. The summed E-state index contributed by atoms with van der Waals surface area (Å²) >= 11 is 1.42. The Kier molecular flexibility index (Phi) is 7.68. The minimum atomic E-state index is -4.28. The Balaban J connectivity index is 1.43. The number of piperazine rings is 1. The van der Waals surface area contributed by atoms with E-state index in [9.17, 15) is 18.0 Å². The molecule has 2 aromatic rings. The number of alkyl halides is 3. The van der Waals surface area contributed by atoms with Gasteiger partial charge in [-0.15, -0.1) is 11.3 Å². The smallest absolute Gasteiger partial charge is 0.411 e. The number of thiazole rings is 1. The first-order chi connectivity index (χ1) is 14.4. The molecular formula is C20H24F3N3O3S. The fourth-order valence-electron chi connectivity index (χ4n) is 3.15. The maximum atomic E-state index is 12.7. The van der Waals surface area contributed by atoms with Crippen molar-refractivity contribution in [3.05, 3.63) is 35.3 Å². The van der Waals surface area contributed by atoms with E-state index < -0.39 is 12.8 Å². The van der Waals surface area contributed by atoms with Gasteiger partial charge in [-0.1, -0.05) is 0 Å². The van der Waals surface area contributed by atoms with Gasteiger partial charge in [0.25, 0.3) is 5.91 Å². The Labute approximate surface area is 177 Å². The highest BCUT2D eigenvalue weighted by atomic mass is 32.1. The largest absolute Gasteiger partial charge is 0.497 e. The number of aromatic nitrogens is 1. The normalized spacial score (nSPS) is 15.4. The average molecular weight is 443 g/mol. The predicted molar refractivity (Wildman–Crippen MR) is 108 cm³/mol. The van der Waals surface area contributed by atoms with Crippen LogP contribution in [0.2, 0.25) is 0 Å². The summed E-state index contributed by atoms with van der Waals surface area (Å²) in [7, 11) is 1.61. The Morgan fingerprint density at radius 3 is 2.50 bits per heavy atom. The van der Waals surface area contributed by atoms with E-state index in [4.69, 9.17) is 4.74 Å². The molecular weight excluding hydrogens is 419 g/mol. The summed E-state index contributed by atoms with van der Waals surface area (Å²) in [6, 6.07) is 7.52. The SMILES string of the molecule is COc1ccc(-c2nc(C(=O)N3CCN(CCCOCC(F)(F)F)CC3)cs2)cc1. The fraction of sp³-hybridized carbons (Fsp3) is 0.500. The molecule has 0 atom stereocenters. The van der Waals surface area contributed by atoms with Crippen LogP contribution in [0, 0.1) is 0 Å². The minimum Gasteiger partial charge on any atom is -0.497 e. The summed E-state index contributed by atoms with van der Waals surface area (Å²) in [6.07, 6.45) is -3.75. The minimum absolute atomic E-state index is 0.0750. The summed E-state index contributed by atoms with van der Waals surface area (Å²) < 4.78 is 45.9. The zero-order chi connectivity index (χ0) is 21.6. The molecule has 0 saturated carbocycles. The number of hydrogen-bond donors (Lipinski definition) is 0. The molecule has 10 heteroatoms. The van der Waals surface area contributed by atoms with Crippen LogP contribution >= 0.6 is 11.3 Å². The van der Waals surface area contributed by atoms with Crippen LogP contribution in [0.1, 0.15) is 16.9 Å². The number of methoxy groups -OCH3 is 1. The van der Waals surface area contributed by atoms with Crippen molar-refractivity contribution >= 4 is 17.2 Å². The molecule has 1 saturated heterocycles. The van der Waals surface area contributed by atoms with Gasteiger partial charge < -0.3 is 14.4 Å². The van der Waals surface area contributed by atoms with E-state index in [1.165, 1.54) is 11.3 Å². The molecule has 3 rings (SSSR count). The van der Waals surface area contributed by atoms with Crippen LogP contribution in [-0.2, 0) is 4.74 Å². The molecule has 0 radical (unpaired) electrons. The van der Waals surface area contributed by atoms with E-state index in [-0.39, 0.29) is 12.5 Å². The van der Waals surface area contributed by atoms with E-state index in [1.54, 1.807) is 17.4 Å². The van der Waals surface area contributed by atoms with Gasteiger partial charge in [-0.3, -0.25) is 9.69 Å². The number of nitrogens with zero attached hydrogens (tertiary/aromatic N) is 3. The van der Waals surface area contributed by atoms with Crippen LogP contribution in [0.5, 0.6) is 5.75 Å². The van der Waals surface area contributed by atoms with Crippen LogP contribution < -0.4 is 4.74 Å². The summed E-state index contributed by atoms with van der Waals surface area (Å²) in [5, 5.41) is 2.55. The maximum Gasteiger partial charge on any atom is 0.411 e. The van der Waals surface area contributed by atoms with Crippen molar-refractivity contribution in [1.82, 2.24) is 14.8 Å². The molecule has 0 unspecified atom stereocenters. The number of carbonyl (C=O) groups excluding carboxylic acids is 1. The van der Waals surface area contributed by atoms with E-state index in [0.29, 0.717) is 44.8 Å². The van der Waals surface area contributed by atoms with Crippen molar-refractivity contribution < 1.29 is 27.4 Å². The Hall–Kier alpha value is -2.17. The summed E-state index contributed by atoms with van der Waals surface area (Å²) in [5.74, 6) is 0.663. The second-order valence-corrected chi connectivity index (χ2v) is 7.78. The lowest BCUT2D eigenvalue weighted by Crippen LogP contribution is -2.49. The fourth-order valence-corrected chi connectivity index (χ4v) is 3.95. The van der Waals surface area contributed by atoms with Gasteiger partial charge in [0.15, 0.2) is 0 Å². The zero-order valence-electron chi connectivity index (χ0n) is 16.7. The van der Waals surface area contributed by atoms with Gasteiger partial charge in [0.2, 0.25) is 0 Å². The first-order valence-electron chi connectivity index (χ1n) is 9.62. The number of carbonyl (C=O) groups is 1. The quantitative estimate of drug-likeness (QED) is 0.584. The third-order valence-corrected chi connectivity index (χ3v) is 5.64. The molecule has 1 aromatic carbocycles. The molecule has 0 aliphatic carbocycles. The van der Waals surface area contributed by atoms with Gasteiger partial charge in [0.1, 0.15) is 23.1 Å². The second-order valence-electron chi connectivity index (χ2n) is 6.92. The molecule has 0 bridgehead atoms. The van der Waals surface area contributed by atoms with Crippen molar-refractivity contribution in [2.45, 2.75) is 12.6 Å². The van der Waals surface area contributed by atoms with Crippen LogP contribution in [0.4, 0.5) is 13.2 Å². The van der Waals surface area contributed by atoms with Crippen LogP contribution in [-0.4, -0.2) is 79.9 Å². The Bertz CT molecular complexity index is 819. The van der Waals surface area contributed by atoms with Gasteiger partial charge in [-0.2, -0.15) is 13.2 Å². The lowest BCUT2D eigenvalue weighted by atomic mass is 10.2. The van der Waals surface area contributed by atoms with E-state index in [0.717, 1.165) is 16.3 Å². The van der Waals surface area contributed by atoms with Gasteiger partial charge in [0.05, 0.1) is 7.11 Å². The highest BCUT2D eigenvalue weighted by Crippen LogP contribution is 2.26. The van der Waals surface area contributed by atoms with Crippen molar-refractivity contribution in [3.8, 4) is 16.3 Å². The van der Waals surface area contributed by atoms with Crippen LogP contribution in [0.15, 0.2) is 29.6 Å². The molecule has 30 heavy (non-hydrogen) atoms. The molecule has 1 aromatic heterocycles. The van der Waals surface area contributed by atoms with Crippen molar-refractivity contribution in [1.29, 1.82) is 0 Å². The molecule has 6 nitrogen and oxygen atoms in total. The van der Waals surface area contributed by atoms with Crippen LogP contribution in [0.3, 0.4) is 0 Å². The number of ether oxygens (including phenoxy) is 2. The number of benzene rings is 1. The molecule has 164 valence electrons.